The zero-order valence-electron chi connectivity index (χ0n) is 15.0. The molecule has 0 aliphatic heterocycles. The highest BCUT2D eigenvalue weighted by atomic mass is 35.5. The summed E-state index contributed by atoms with van der Waals surface area (Å²) < 4.78 is 55.5. The first-order valence-electron chi connectivity index (χ1n) is 8.44. The first kappa shape index (κ1) is 20.7. The van der Waals surface area contributed by atoms with Gasteiger partial charge in [0.1, 0.15) is 17.4 Å². The van der Waals surface area contributed by atoms with Gasteiger partial charge in [-0.25, -0.2) is 9.37 Å². The molecule has 152 valence electrons. The van der Waals surface area contributed by atoms with Crippen LogP contribution in [0.3, 0.4) is 0 Å². The van der Waals surface area contributed by atoms with Crippen molar-refractivity contribution in [1.82, 2.24) is 9.97 Å². The second-order valence-electron chi connectivity index (χ2n) is 5.82. The molecule has 10 heteroatoms. The molecule has 2 aromatic carbocycles. The fraction of sp³-hybridized carbons (Fsp3) is 0.158. The summed E-state index contributed by atoms with van der Waals surface area (Å²) in [5, 5.41) is 6.07. The lowest BCUT2D eigenvalue weighted by molar-refractivity contribution is -0.274. The number of benzene rings is 2. The highest BCUT2D eigenvalue weighted by Crippen LogP contribution is 2.30. The van der Waals surface area contributed by atoms with Crippen molar-refractivity contribution in [1.29, 1.82) is 0 Å². The number of ether oxygens (including phenoxy) is 1. The van der Waals surface area contributed by atoms with E-state index >= 15 is 0 Å². The lowest BCUT2D eigenvalue weighted by Gasteiger charge is -2.13. The predicted octanol–water partition coefficient (Wildman–Crippen LogP) is 6.01. The molecule has 3 rings (SSSR count). The van der Waals surface area contributed by atoms with E-state index in [1.165, 1.54) is 42.5 Å². The third-order valence-electron chi connectivity index (χ3n) is 3.62. The molecule has 0 saturated carbocycles. The third-order valence-corrected chi connectivity index (χ3v) is 3.85. The molecule has 3 aromatic rings. The molecule has 0 atom stereocenters. The van der Waals surface area contributed by atoms with E-state index in [2.05, 4.69) is 25.3 Å². The van der Waals surface area contributed by atoms with Gasteiger partial charge in [-0.05, 0) is 37.3 Å². The predicted molar refractivity (Wildman–Crippen MR) is 103 cm³/mol. The van der Waals surface area contributed by atoms with Crippen molar-refractivity contribution in [3.8, 4) is 17.0 Å². The Balaban J connectivity index is 1.99. The van der Waals surface area contributed by atoms with Crippen LogP contribution in [0.4, 0.5) is 35.0 Å². The van der Waals surface area contributed by atoms with Crippen LogP contribution >= 0.6 is 11.6 Å². The molecule has 5 nitrogen and oxygen atoms in total. The maximum Gasteiger partial charge on any atom is 0.573 e. The van der Waals surface area contributed by atoms with Crippen molar-refractivity contribution in [3.05, 3.63) is 59.4 Å². The average molecular weight is 427 g/mol. The number of nitrogens with zero attached hydrogens (tertiary/aromatic N) is 2. The minimum atomic E-state index is -4.81. The normalized spacial score (nSPS) is 11.2. The molecule has 0 amide bonds. The minimum absolute atomic E-state index is 0.0961. The Hall–Kier alpha value is -3.07. The Bertz CT molecular complexity index is 1010. The highest BCUT2D eigenvalue weighted by Gasteiger charge is 2.31. The Morgan fingerprint density at radius 2 is 1.86 bits per heavy atom. The van der Waals surface area contributed by atoms with E-state index in [1.54, 1.807) is 6.07 Å². The van der Waals surface area contributed by atoms with E-state index in [1.807, 2.05) is 6.92 Å². The number of anilines is 3. The molecular weight excluding hydrogens is 412 g/mol. The number of rotatable bonds is 6. The van der Waals surface area contributed by atoms with Crippen molar-refractivity contribution in [3.63, 3.8) is 0 Å². The lowest BCUT2D eigenvalue weighted by Crippen LogP contribution is -2.17. The monoisotopic (exact) mass is 426 g/mol. The van der Waals surface area contributed by atoms with Crippen LogP contribution in [0.15, 0.2) is 48.5 Å². The number of hydrogen-bond acceptors (Lipinski definition) is 5. The van der Waals surface area contributed by atoms with Crippen LogP contribution in [-0.4, -0.2) is 22.9 Å². The lowest BCUT2D eigenvalue weighted by atomic mass is 10.1. The van der Waals surface area contributed by atoms with Gasteiger partial charge in [-0.2, -0.15) is 4.98 Å². The van der Waals surface area contributed by atoms with Crippen LogP contribution in [0, 0.1) is 5.82 Å². The number of aromatic nitrogens is 2. The Morgan fingerprint density at radius 1 is 1.07 bits per heavy atom. The summed E-state index contributed by atoms with van der Waals surface area (Å²) in [4.78, 5) is 8.54. The Morgan fingerprint density at radius 3 is 2.59 bits per heavy atom. The summed E-state index contributed by atoms with van der Waals surface area (Å²) in [6, 6.07) is 10.9. The molecule has 0 unspecified atom stereocenters. The van der Waals surface area contributed by atoms with Crippen molar-refractivity contribution in [2.75, 3.05) is 17.2 Å². The first-order chi connectivity index (χ1) is 13.7. The van der Waals surface area contributed by atoms with Gasteiger partial charge in [-0.15, -0.1) is 13.2 Å². The first-order valence-corrected chi connectivity index (χ1v) is 8.82. The van der Waals surface area contributed by atoms with Gasteiger partial charge < -0.3 is 15.4 Å². The molecule has 0 fully saturated rings. The smallest absolute Gasteiger partial charge is 0.406 e. The molecule has 1 heterocycles. The highest BCUT2D eigenvalue weighted by molar-refractivity contribution is 6.30. The van der Waals surface area contributed by atoms with Crippen molar-refractivity contribution >= 4 is 29.1 Å². The maximum atomic E-state index is 14.0. The minimum Gasteiger partial charge on any atom is -0.406 e. The van der Waals surface area contributed by atoms with Gasteiger partial charge in [-0.3, -0.25) is 0 Å². The molecule has 0 spiro atoms. The van der Waals surface area contributed by atoms with Crippen LogP contribution < -0.4 is 15.4 Å². The average Bonchev–Trinajstić information content (AvgIpc) is 2.64. The van der Waals surface area contributed by atoms with Gasteiger partial charge in [0.25, 0.3) is 0 Å². The number of hydrogen-bond donors (Lipinski definition) is 2. The molecular formula is C19H15ClF4N4O. The van der Waals surface area contributed by atoms with E-state index in [4.69, 9.17) is 11.6 Å². The summed E-state index contributed by atoms with van der Waals surface area (Å²) in [7, 11) is 0. The van der Waals surface area contributed by atoms with Crippen LogP contribution in [0.2, 0.25) is 5.02 Å². The van der Waals surface area contributed by atoms with Crippen LogP contribution in [0.5, 0.6) is 5.75 Å². The standard InChI is InChI=1S/C19H15ClF4N4O/c1-2-25-18-27-15(11-4-3-5-13(8-11)29-19(22,23)24)10-17(28-18)26-16-9-12(20)6-7-14(16)21/h3-10H,2H2,1H3,(H2,25,26,27,28). The number of alkyl halides is 3. The van der Waals surface area contributed by atoms with E-state index in [0.717, 1.165) is 0 Å². The van der Waals surface area contributed by atoms with Crippen LogP contribution in [0.1, 0.15) is 6.92 Å². The molecule has 0 bridgehead atoms. The van der Waals surface area contributed by atoms with Gasteiger partial charge in [0, 0.05) is 23.2 Å². The fourth-order valence-corrected chi connectivity index (χ4v) is 2.65. The molecule has 1 aromatic heterocycles. The van der Waals surface area contributed by atoms with Crippen LogP contribution in [0.25, 0.3) is 11.3 Å². The summed E-state index contributed by atoms with van der Waals surface area (Å²) in [6.45, 7) is 2.34. The number of halogens is 5. The van der Waals surface area contributed by atoms with Crippen molar-refractivity contribution in [2.45, 2.75) is 13.3 Å². The summed E-state index contributed by atoms with van der Waals surface area (Å²) in [5.74, 6) is -0.472. The third kappa shape index (κ3) is 5.71. The van der Waals surface area contributed by atoms with E-state index < -0.39 is 12.2 Å². The zero-order chi connectivity index (χ0) is 21.0. The van der Waals surface area contributed by atoms with Crippen molar-refractivity contribution < 1.29 is 22.3 Å². The largest absolute Gasteiger partial charge is 0.573 e. The second kappa shape index (κ2) is 8.52. The molecule has 0 aliphatic carbocycles. The SMILES string of the molecule is CCNc1nc(Nc2cc(Cl)ccc2F)cc(-c2cccc(OC(F)(F)F)c2)n1. The van der Waals surface area contributed by atoms with Gasteiger partial charge in [0.2, 0.25) is 5.95 Å². The van der Waals surface area contributed by atoms with Gasteiger partial charge >= 0.3 is 6.36 Å². The van der Waals surface area contributed by atoms with Gasteiger partial charge in [-0.1, -0.05) is 23.7 Å². The molecule has 0 saturated heterocycles. The van der Waals surface area contributed by atoms with E-state index in [9.17, 15) is 17.6 Å². The molecule has 2 N–H and O–H groups in total. The maximum absolute atomic E-state index is 14.0. The van der Waals surface area contributed by atoms with E-state index in [0.29, 0.717) is 22.8 Å². The molecule has 0 aliphatic rings. The second-order valence-corrected chi connectivity index (χ2v) is 6.25. The van der Waals surface area contributed by atoms with Crippen molar-refractivity contribution in [2.24, 2.45) is 0 Å². The zero-order valence-corrected chi connectivity index (χ0v) is 15.8. The molecule has 0 radical (unpaired) electrons. The quantitative estimate of drug-likeness (QED) is 0.473. The summed E-state index contributed by atoms with van der Waals surface area (Å²) in [6.07, 6.45) is -4.81. The topological polar surface area (TPSA) is 59.1 Å². The number of nitrogens with one attached hydrogen (secondary N) is 2. The van der Waals surface area contributed by atoms with E-state index in [-0.39, 0.29) is 23.2 Å². The Labute approximate surface area is 168 Å². The van der Waals surface area contributed by atoms with Gasteiger partial charge in [0.05, 0.1) is 11.4 Å². The summed E-state index contributed by atoms with van der Waals surface area (Å²) >= 11 is 5.90. The Kier molecular flexibility index (Phi) is 6.07. The molecule has 29 heavy (non-hydrogen) atoms. The van der Waals surface area contributed by atoms with Gasteiger partial charge in [0.15, 0.2) is 0 Å². The van der Waals surface area contributed by atoms with Crippen LogP contribution in [-0.2, 0) is 0 Å². The fourth-order valence-electron chi connectivity index (χ4n) is 2.48. The summed E-state index contributed by atoms with van der Waals surface area (Å²) in [5.41, 5.74) is 0.773.